The lowest BCUT2D eigenvalue weighted by molar-refractivity contribution is -0.182. The summed E-state index contributed by atoms with van der Waals surface area (Å²) in [5.41, 5.74) is 9.05. The second-order valence-electron chi connectivity index (χ2n) is 14.4. The summed E-state index contributed by atoms with van der Waals surface area (Å²) in [6.07, 6.45) is 7.80. The van der Waals surface area contributed by atoms with Crippen LogP contribution in [0.4, 0.5) is 13.2 Å². The monoisotopic (exact) mass is 675 g/mol. The van der Waals surface area contributed by atoms with Gasteiger partial charge in [0.2, 0.25) is 11.8 Å². The van der Waals surface area contributed by atoms with E-state index in [1.165, 1.54) is 12.6 Å². The molecule has 5 N–H and O–H groups in total. The number of rotatable bonds is 10. The van der Waals surface area contributed by atoms with Crippen molar-refractivity contribution in [2.45, 2.75) is 120 Å². The Morgan fingerprint density at radius 2 is 1.78 bits per heavy atom. The van der Waals surface area contributed by atoms with Crippen molar-refractivity contribution in [1.82, 2.24) is 31.6 Å². The summed E-state index contributed by atoms with van der Waals surface area (Å²) in [7, 11) is 0. The van der Waals surface area contributed by atoms with Crippen LogP contribution in [0.25, 0.3) is 0 Å². The van der Waals surface area contributed by atoms with Gasteiger partial charge in [0.15, 0.2) is 0 Å². The molecule has 0 radical (unpaired) electrons. The quantitative estimate of drug-likeness (QED) is 0.136. The van der Waals surface area contributed by atoms with Crippen molar-refractivity contribution in [1.29, 1.82) is 0 Å². The van der Waals surface area contributed by atoms with Crippen molar-refractivity contribution in [3.05, 3.63) is 0 Å². The Bertz CT molecular complexity index is 1030. The van der Waals surface area contributed by atoms with E-state index in [9.17, 15) is 27.9 Å². The predicted molar refractivity (Wildman–Crippen MR) is 170 cm³/mol. The van der Waals surface area contributed by atoms with Crippen LogP contribution in [-0.4, -0.2) is 95.5 Å². The SMILES string of the molecule is O=C(NC1CCC(N2CCCCC2)CC1C(=O)N/N=C/C1CCC(Cl)C(C(F)(F)F)C1)C1CCCC(CN2CC(CCO)NN2)C1. The molecule has 3 saturated carbocycles. The number of hydrogen-bond acceptors (Lipinski definition) is 8. The Morgan fingerprint density at radius 1 is 0.978 bits per heavy atom. The lowest BCUT2D eigenvalue weighted by atomic mass is 9.78. The van der Waals surface area contributed by atoms with Gasteiger partial charge in [-0.05, 0) is 102 Å². The summed E-state index contributed by atoms with van der Waals surface area (Å²) in [5.74, 6) is -2.46. The fraction of sp³-hybridized carbons (Fsp3) is 0.906. The lowest BCUT2D eigenvalue weighted by Crippen LogP contribution is -2.54. The number of alkyl halides is 4. The number of amides is 2. The third-order valence-electron chi connectivity index (χ3n) is 11.1. The molecule has 0 bridgehead atoms. The van der Waals surface area contributed by atoms with E-state index in [0.717, 1.165) is 71.1 Å². The minimum Gasteiger partial charge on any atom is -0.396 e. The smallest absolute Gasteiger partial charge is 0.393 e. The summed E-state index contributed by atoms with van der Waals surface area (Å²) in [6, 6.07) is 0.154. The molecule has 5 rings (SSSR count). The fourth-order valence-corrected chi connectivity index (χ4v) is 8.81. The number of hydrazone groups is 1. The molecule has 9 atom stereocenters. The molecule has 2 aliphatic heterocycles. The van der Waals surface area contributed by atoms with Crippen LogP contribution in [0.2, 0.25) is 0 Å². The minimum absolute atomic E-state index is 0.00844. The van der Waals surface area contributed by atoms with Crippen molar-refractivity contribution in [2.75, 3.05) is 32.8 Å². The Hall–Kier alpha value is -1.51. The Morgan fingerprint density at radius 3 is 2.54 bits per heavy atom. The molecule has 0 aromatic carbocycles. The van der Waals surface area contributed by atoms with E-state index in [-0.39, 0.29) is 55.3 Å². The Kier molecular flexibility index (Phi) is 13.0. The van der Waals surface area contributed by atoms with Gasteiger partial charge in [0.25, 0.3) is 0 Å². The lowest BCUT2D eigenvalue weighted by Gasteiger charge is -2.42. The number of carbonyl (C=O) groups is 2. The maximum atomic E-state index is 13.6. The van der Waals surface area contributed by atoms with Crippen LogP contribution in [0.15, 0.2) is 5.10 Å². The van der Waals surface area contributed by atoms with Gasteiger partial charge in [0.1, 0.15) is 0 Å². The normalized spacial score (nSPS) is 36.9. The molecule has 0 aromatic heterocycles. The van der Waals surface area contributed by atoms with E-state index < -0.39 is 29.3 Å². The standard InChI is InChI=1S/C32H53ClF3N7O3/c33-28-9-7-21(16-27(28)32(34,35)36)18-37-40-31(46)26-17-25(42-12-2-1-3-13-42)8-10-29(26)38-30(45)23-6-4-5-22(15-23)19-43-20-24(11-14-44)39-41-43/h18,21-29,39,41,44H,1-17,19-20H2,(H,38,45)(H,40,46)/b37-18+. The first-order chi connectivity index (χ1) is 22.1. The third-order valence-corrected chi connectivity index (χ3v) is 11.6. The van der Waals surface area contributed by atoms with E-state index in [1.807, 2.05) is 0 Å². The summed E-state index contributed by atoms with van der Waals surface area (Å²) >= 11 is 5.98. The van der Waals surface area contributed by atoms with Gasteiger partial charge in [-0.3, -0.25) is 9.59 Å². The highest BCUT2D eigenvalue weighted by atomic mass is 35.5. The van der Waals surface area contributed by atoms with Gasteiger partial charge in [-0.1, -0.05) is 12.8 Å². The van der Waals surface area contributed by atoms with Crippen molar-refractivity contribution in [3.63, 3.8) is 0 Å². The summed E-state index contributed by atoms with van der Waals surface area (Å²) in [4.78, 5) is 29.7. The third kappa shape index (κ3) is 9.78. The van der Waals surface area contributed by atoms with Gasteiger partial charge in [0, 0.05) is 55.3 Å². The topological polar surface area (TPSA) is 121 Å². The molecule has 9 unspecified atom stereocenters. The minimum atomic E-state index is -4.36. The van der Waals surface area contributed by atoms with Gasteiger partial charge in [-0.25, -0.2) is 15.9 Å². The van der Waals surface area contributed by atoms with Crippen LogP contribution in [0, 0.1) is 29.6 Å². The number of hydrogen-bond donors (Lipinski definition) is 5. The number of likely N-dealkylation sites (tertiary alicyclic amines) is 1. The Labute approximate surface area is 275 Å². The van der Waals surface area contributed by atoms with Gasteiger partial charge < -0.3 is 15.3 Å². The molecule has 0 spiro atoms. The molecule has 0 aromatic rings. The second kappa shape index (κ2) is 16.7. The largest absolute Gasteiger partial charge is 0.396 e. The van der Waals surface area contributed by atoms with Crippen molar-refractivity contribution < 1.29 is 27.9 Å². The molecule has 46 heavy (non-hydrogen) atoms. The number of aliphatic hydroxyl groups is 1. The molecule has 5 aliphatic rings. The second-order valence-corrected chi connectivity index (χ2v) is 14.9. The number of carbonyl (C=O) groups excluding carboxylic acids is 2. The van der Waals surface area contributed by atoms with E-state index >= 15 is 0 Å². The molecule has 262 valence electrons. The summed E-state index contributed by atoms with van der Waals surface area (Å²) in [5, 5.41) is 17.8. The van der Waals surface area contributed by atoms with E-state index in [0.29, 0.717) is 31.6 Å². The maximum absolute atomic E-state index is 13.6. The molecular weight excluding hydrogens is 623 g/mol. The van der Waals surface area contributed by atoms with E-state index in [4.69, 9.17) is 11.6 Å². The first-order valence-electron chi connectivity index (χ1n) is 17.6. The highest BCUT2D eigenvalue weighted by molar-refractivity contribution is 6.20. The first kappa shape index (κ1) is 35.8. The fourth-order valence-electron chi connectivity index (χ4n) is 8.44. The zero-order valence-electron chi connectivity index (χ0n) is 26.8. The van der Waals surface area contributed by atoms with Gasteiger partial charge >= 0.3 is 6.18 Å². The average Bonchev–Trinajstić information content (AvgIpc) is 3.48. The summed E-state index contributed by atoms with van der Waals surface area (Å²) < 4.78 is 40.3. The number of aliphatic hydroxyl groups excluding tert-OH is 1. The van der Waals surface area contributed by atoms with E-state index in [2.05, 4.69) is 36.7 Å². The van der Waals surface area contributed by atoms with Crippen molar-refractivity contribution in [3.8, 4) is 0 Å². The molecule has 14 heteroatoms. The highest BCUT2D eigenvalue weighted by Gasteiger charge is 2.47. The maximum Gasteiger partial charge on any atom is 0.393 e. The van der Waals surface area contributed by atoms with Crippen molar-refractivity contribution in [2.24, 2.45) is 34.7 Å². The van der Waals surface area contributed by atoms with Crippen molar-refractivity contribution >= 4 is 29.6 Å². The number of piperidine rings is 1. The number of nitrogens with one attached hydrogen (secondary N) is 4. The van der Waals surface area contributed by atoms with E-state index in [1.54, 1.807) is 0 Å². The number of halogens is 4. The molecule has 2 heterocycles. The number of nitrogens with zero attached hydrogens (tertiary/aromatic N) is 3. The van der Waals surface area contributed by atoms with Crippen LogP contribution < -0.4 is 21.7 Å². The molecule has 3 aliphatic carbocycles. The molecule has 10 nitrogen and oxygen atoms in total. The average molecular weight is 676 g/mol. The first-order valence-corrected chi connectivity index (χ1v) is 18.0. The summed E-state index contributed by atoms with van der Waals surface area (Å²) in [6.45, 7) is 3.82. The van der Waals surface area contributed by atoms with Crippen LogP contribution in [0.5, 0.6) is 0 Å². The van der Waals surface area contributed by atoms with Gasteiger partial charge in [-0.2, -0.15) is 23.8 Å². The number of hydrazine groups is 2. The van der Waals surface area contributed by atoms with Gasteiger partial charge in [-0.15, -0.1) is 11.6 Å². The zero-order chi connectivity index (χ0) is 32.7. The predicted octanol–water partition coefficient (Wildman–Crippen LogP) is 3.70. The highest BCUT2D eigenvalue weighted by Crippen LogP contribution is 2.42. The molecule has 2 amide bonds. The molecule has 5 fully saturated rings. The van der Waals surface area contributed by atoms with Crippen LogP contribution in [0.3, 0.4) is 0 Å². The zero-order valence-corrected chi connectivity index (χ0v) is 27.6. The van der Waals surface area contributed by atoms with Crippen LogP contribution >= 0.6 is 11.6 Å². The molecular formula is C32H53ClF3N7O3. The molecule has 2 saturated heterocycles. The van der Waals surface area contributed by atoms with Gasteiger partial charge in [0.05, 0.1) is 11.8 Å². The van der Waals surface area contributed by atoms with Crippen LogP contribution in [-0.2, 0) is 9.59 Å². The Balaban J connectivity index is 1.17. The van der Waals surface area contributed by atoms with Crippen LogP contribution in [0.1, 0.15) is 89.9 Å².